The second kappa shape index (κ2) is 10.5. The lowest BCUT2D eigenvalue weighted by Gasteiger charge is -2.22. The van der Waals surface area contributed by atoms with Gasteiger partial charge in [-0.25, -0.2) is 4.98 Å². The van der Waals surface area contributed by atoms with Crippen molar-refractivity contribution in [3.8, 4) is 56.3 Å². The molecule has 0 spiro atoms. The van der Waals surface area contributed by atoms with Crippen LogP contribution in [0.15, 0.2) is 128 Å². The summed E-state index contributed by atoms with van der Waals surface area (Å²) in [6.07, 6.45) is 1.84. The summed E-state index contributed by atoms with van der Waals surface area (Å²) in [6, 6.07) is 42.1. The van der Waals surface area contributed by atoms with Crippen molar-refractivity contribution in [1.29, 1.82) is 0 Å². The number of hydrogen-bond acceptors (Lipinski definition) is 3. The number of aromatic hydroxyl groups is 1. The number of nitrogens with zero attached hydrogens (tertiary/aromatic N) is 3. The Morgan fingerprint density at radius 2 is 1.36 bits per heavy atom. The molecule has 47 heavy (non-hydrogen) atoms. The number of para-hydroxylation sites is 2. The van der Waals surface area contributed by atoms with Crippen LogP contribution in [0.4, 0.5) is 0 Å². The monoisotopic (exact) mass is 611 g/mol. The third kappa shape index (κ3) is 4.67. The summed E-state index contributed by atoms with van der Waals surface area (Å²) in [5.74, 6) is 0.934. The SMILES string of the molecule is CC(C)(C)c1cc(-c2ccccn2)cc(-c2cccc3c2nc(-c2cc4c(cc2O)C(C)(C)c2ccccc2-4)n3-c2ccccc2)c1. The van der Waals surface area contributed by atoms with Gasteiger partial charge < -0.3 is 5.11 Å². The standard InChI is InChI=1S/C43H37N3O/c1-42(2,3)29-23-27(22-28(24-29)37-19-11-12-21-44-37)31-17-13-20-38-40(31)45-41(46(38)30-14-7-6-8-15-30)34-25-33-32-16-9-10-18-35(32)43(4,5)36(33)26-39(34)47/h6-26,47H,1-5H3. The molecule has 1 aliphatic carbocycles. The van der Waals surface area contributed by atoms with Crippen molar-refractivity contribution < 1.29 is 5.11 Å². The third-order valence-corrected chi connectivity index (χ3v) is 9.71. The number of hydrogen-bond donors (Lipinski definition) is 1. The van der Waals surface area contributed by atoms with Gasteiger partial charge in [0.15, 0.2) is 0 Å². The summed E-state index contributed by atoms with van der Waals surface area (Å²) < 4.78 is 2.18. The minimum Gasteiger partial charge on any atom is -0.507 e. The zero-order valence-electron chi connectivity index (χ0n) is 27.4. The highest BCUT2D eigenvalue weighted by Gasteiger charge is 2.36. The van der Waals surface area contributed by atoms with Crippen LogP contribution in [0.5, 0.6) is 5.75 Å². The fourth-order valence-electron chi connectivity index (χ4n) is 7.16. The number of imidazole rings is 1. The Balaban J connectivity index is 1.41. The average Bonchev–Trinajstić information content (AvgIpc) is 3.57. The quantitative estimate of drug-likeness (QED) is 0.215. The molecular formula is C43H37N3O. The van der Waals surface area contributed by atoms with E-state index in [4.69, 9.17) is 4.98 Å². The normalized spacial score (nSPS) is 13.5. The third-order valence-electron chi connectivity index (χ3n) is 9.71. The summed E-state index contributed by atoms with van der Waals surface area (Å²) in [4.78, 5) is 10.1. The Labute approximate surface area is 276 Å². The van der Waals surface area contributed by atoms with Crippen LogP contribution in [0.2, 0.25) is 0 Å². The van der Waals surface area contributed by atoms with Crippen LogP contribution in [0, 0.1) is 0 Å². The number of phenolic OH excluding ortho intramolecular Hbond substituents is 1. The molecule has 230 valence electrons. The molecule has 0 aliphatic heterocycles. The van der Waals surface area contributed by atoms with E-state index in [0.717, 1.165) is 50.2 Å². The highest BCUT2D eigenvalue weighted by atomic mass is 16.3. The number of benzene rings is 5. The van der Waals surface area contributed by atoms with Crippen LogP contribution >= 0.6 is 0 Å². The second-order valence-corrected chi connectivity index (χ2v) is 14.1. The van der Waals surface area contributed by atoms with Crippen LogP contribution in [0.1, 0.15) is 51.3 Å². The molecule has 1 aliphatic rings. The molecule has 0 unspecified atom stereocenters. The van der Waals surface area contributed by atoms with E-state index in [0.29, 0.717) is 11.4 Å². The maximum Gasteiger partial charge on any atom is 0.149 e. The Morgan fingerprint density at radius 3 is 2.13 bits per heavy atom. The number of aromatic nitrogens is 3. The predicted molar refractivity (Wildman–Crippen MR) is 193 cm³/mol. The van der Waals surface area contributed by atoms with E-state index in [9.17, 15) is 5.11 Å². The van der Waals surface area contributed by atoms with Crippen LogP contribution < -0.4 is 0 Å². The van der Waals surface area contributed by atoms with Gasteiger partial charge in [-0.3, -0.25) is 9.55 Å². The Morgan fingerprint density at radius 1 is 0.638 bits per heavy atom. The summed E-state index contributed by atoms with van der Waals surface area (Å²) >= 11 is 0. The summed E-state index contributed by atoms with van der Waals surface area (Å²) in [6.45, 7) is 11.2. The fourth-order valence-corrected chi connectivity index (χ4v) is 7.16. The molecule has 0 fully saturated rings. The number of rotatable bonds is 4. The first-order chi connectivity index (χ1) is 22.6. The minimum absolute atomic E-state index is 0.0672. The van der Waals surface area contributed by atoms with Crippen molar-refractivity contribution in [3.63, 3.8) is 0 Å². The van der Waals surface area contributed by atoms with Crippen molar-refractivity contribution >= 4 is 11.0 Å². The lowest BCUT2D eigenvalue weighted by atomic mass is 9.82. The topological polar surface area (TPSA) is 50.9 Å². The van der Waals surface area contributed by atoms with E-state index in [1.54, 1.807) is 0 Å². The minimum atomic E-state index is -0.210. The molecule has 5 aromatic carbocycles. The van der Waals surface area contributed by atoms with Crippen LogP contribution in [0.3, 0.4) is 0 Å². The van der Waals surface area contributed by atoms with Crippen molar-refractivity contribution in [2.24, 2.45) is 0 Å². The van der Waals surface area contributed by atoms with Gasteiger partial charge in [0.2, 0.25) is 0 Å². The highest BCUT2D eigenvalue weighted by molar-refractivity contribution is 5.97. The maximum absolute atomic E-state index is 11.8. The van der Waals surface area contributed by atoms with Crippen LogP contribution in [-0.2, 0) is 10.8 Å². The zero-order valence-corrected chi connectivity index (χ0v) is 27.4. The van der Waals surface area contributed by atoms with E-state index in [-0.39, 0.29) is 16.6 Å². The van der Waals surface area contributed by atoms with Crippen molar-refractivity contribution in [3.05, 3.63) is 144 Å². The van der Waals surface area contributed by atoms with Gasteiger partial charge >= 0.3 is 0 Å². The van der Waals surface area contributed by atoms with E-state index in [1.165, 1.54) is 16.7 Å². The molecule has 8 rings (SSSR count). The number of fused-ring (bicyclic) bond motifs is 4. The molecule has 1 N–H and O–H groups in total. The van der Waals surface area contributed by atoms with E-state index in [1.807, 2.05) is 42.6 Å². The van der Waals surface area contributed by atoms with Gasteiger partial charge in [-0.05, 0) is 93.4 Å². The lowest BCUT2D eigenvalue weighted by molar-refractivity contribution is 0.474. The van der Waals surface area contributed by atoms with Gasteiger partial charge in [0.25, 0.3) is 0 Å². The fraction of sp³-hybridized carbons (Fsp3) is 0.163. The smallest absolute Gasteiger partial charge is 0.149 e. The molecule has 0 saturated heterocycles. The summed E-state index contributed by atoms with van der Waals surface area (Å²) in [5, 5.41) is 11.8. The van der Waals surface area contributed by atoms with E-state index >= 15 is 0 Å². The van der Waals surface area contributed by atoms with Gasteiger partial charge in [-0.15, -0.1) is 0 Å². The van der Waals surface area contributed by atoms with Gasteiger partial charge in [0.05, 0.1) is 22.3 Å². The van der Waals surface area contributed by atoms with Gasteiger partial charge in [0, 0.05) is 28.4 Å². The molecule has 0 saturated carbocycles. The Kier molecular flexibility index (Phi) is 6.49. The van der Waals surface area contributed by atoms with Crippen molar-refractivity contribution in [2.45, 2.75) is 45.4 Å². The van der Waals surface area contributed by atoms with Gasteiger partial charge in [-0.2, -0.15) is 0 Å². The first-order valence-electron chi connectivity index (χ1n) is 16.2. The molecule has 0 bridgehead atoms. The second-order valence-electron chi connectivity index (χ2n) is 14.1. The van der Waals surface area contributed by atoms with Crippen LogP contribution in [0.25, 0.3) is 61.6 Å². The number of pyridine rings is 1. The maximum atomic E-state index is 11.8. The molecule has 0 atom stereocenters. The zero-order chi connectivity index (χ0) is 32.5. The van der Waals surface area contributed by atoms with Gasteiger partial charge in [-0.1, -0.05) is 101 Å². The molecule has 4 nitrogen and oxygen atoms in total. The lowest BCUT2D eigenvalue weighted by Crippen LogP contribution is -2.14. The van der Waals surface area contributed by atoms with Crippen LogP contribution in [-0.4, -0.2) is 19.6 Å². The Hall–Kier alpha value is -5.48. The molecule has 4 heteroatoms. The largest absolute Gasteiger partial charge is 0.507 e. The van der Waals surface area contributed by atoms with E-state index < -0.39 is 0 Å². The highest BCUT2D eigenvalue weighted by Crippen LogP contribution is 2.52. The molecule has 7 aromatic rings. The van der Waals surface area contributed by atoms with Crippen molar-refractivity contribution in [2.75, 3.05) is 0 Å². The molecule has 2 aromatic heterocycles. The molecule has 2 heterocycles. The number of phenols is 1. The first-order valence-corrected chi connectivity index (χ1v) is 16.2. The van der Waals surface area contributed by atoms with Gasteiger partial charge in [0.1, 0.15) is 11.6 Å². The predicted octanol–water partition coefficient (Wildman–Crippen LogP) is 10.7. The summed E-state index contributed by atoms with van der Waals surface area (Å²) in [7, 11) is 0. The Bertz CT molecular complexity index is 2310. The van der Waals surface area contributed by atoms with Crippen molar-refractivity contribution in [1.82, 2.24) is 14.5 Å². The van der Waals surface area contributed by atoms with E-state index in [2.05, 4.69) is 129 Å². The first kappa shape index (κ1) is 29.0. The molecule has 0 amide bonds. The molecular weight excluding hydrogens is 574 g/mol. The average molecular weight is 612 g/mol. The molecule has 0 radical (unpaired) electrons. The summed E-state index contributed by atoms with van der Waals surface area (Å²) in [5.41, 5.74) is 13.4.